The van der Waals surface area contributed by atoms with Crippen molar-refractivity contribution in [2.45, 2.75) is 6.54 Å². The van der Waals surface area contributed by atoms with Gasteiger partial charge in [0.15, 0.2) is 0 Å². The van der Waals surface area contributed by atoms with Crippen LogP contribution in [0.3, 0.4) is 0 Å². The summed E-state index contributed by atoms with van der Waals surface area (Å²) in [6.07, 6.45) is 1.82. The number of imidazole rings is 1. The predicted molar refractivity (Wildman–Crippen MR) is 38.5 cm³/mol. The van der Waals surface area contributed by atoms with Crippen LogP contribution >= 0.6 is 0 Å². The molecule has 2 N–H and O–H groups in total. The minimum Gasteiger partial charge on any atom is -0.356 e. The van der Waals surface area contributed by atoms with Crippen LogP contribution in [0.4, 0.5) is 5.82 Å². The van der Waals surface area contributed by atoms with Gasteiger partial charge in [0.1, 0.15) is 5.82 Å². The third-order valence-electron chi connectivity index (χ3n) is 1.73. The second kappa shape index (κ2) is 1.98. The summed E-state index contributed by atoms with van der Waals surface area (Å²) in [6.45, 7) is 1.74. The van der Waals surface area contributed by atoms with E-state index in [2.05, 4.69) is 15.6 Å². The molecule has 1 aromatic heterocycles. The summed E-state index contributed by atoms with van der Waals surface area (Å²) in [4.78, 5) is 4.17. The number of rotatable bonds is 0. The van der Waals surface area contributed by atoms with Gasteiger partial charge in [-0.15, -0.1) is 0 Å². The Kier molecular flexibility index (Phi) is 1.14. The van der Waals surface area contributed by atoms with Crippen LogP contribution in [0.5, 0.6) is 0 Å². The number of nitrogens with zero attached hydrogens (tertiary/aromatic N) is 2. The van der Waals surface area contributed by atoms with Crippen LogP contribution in [0.1, 0.15) is 5.69 Å². The first-order valence-electron chi connectivity index (χ1n) is 3.33. The summed E-state index contributed by atoms with van der Waals surface area (Å²) in [5.74, 6) is 1.02. The van der Waals surface area contributed by atoms with Gasteiger partial charge in [0.25, 0.3) is 0 Å². The molecule has 0 unspecified atom stereocenters. The molecule has 4 heteroatoms. The molecule has 0 aromatic carbocycles. The minimum absolute atomic E-state index is 0.823. The van der Waals surface area contributed by atoms with Crippen molar-refractivity contribution < 1.29 is 0 Å². The zero-order valence-electron chi connectivity index (χ0n) is 5.89. The first-order valence-corrected chi connectivity index (χ1v) is 3.33. The highest BCUT2D eigenvalue weighted by Crippen LogP contribution is 2.13. The van der Waals surface area contributed by atoms with Crippen LogP contribution in [-0.4, -0.2) is 16.2 Å². The van der Waals surface area contributed by atoms with Gasteiger partial charge in [0, 0.05) is 13.6 Å². The van der Waals surface area contributed by atoms with Gasteiger partial charge in [0.2, 0.25) is 0 Å². The summed E-state index contributed by atoms with van der Waals surface area (Å²) in [7, 11) is 2.00. The molecule has 0 saturated heterocycles. The van der Waals surface area contributed by atoms with Crippen molar-refractivity contribution in [2.75, 3.05) is 12.0 Å². The van der Waals surface area contributed by atoms with Crippen LogP contribution in [0.25, 0.3) is 0 Å². The van der Waals surface area contributed by atoms with Crippen molar-refractivity contribution >= 4 is 5.82 Å². The Labute approximate surface area is 59.3 Å². The molecule has 1 aliphatic heterocycles. The van der Waals surface area contributed by atoms with Gasteiger partial charge in [-0.3, -0.25) is 5.32 Å². The van der Waals surface area contributed by atoms with Gasteiger partial charge in [0.05, 0.1) is 18.7 Å². The predicted octanol–water partition coefficient (Wildman–Crippen LogP) is -0.107. The van der Waals surface area contributed by atoms with Crippen LogP contribution < -0.4 is 10.6 Å². The highest BCUT2D eigenvalue weighted by atomic mass is 15.2. The second-order valence-electron chi connectivity index (χ2n) is 2.43. The largest absolute Gasteiger partial charge is 0.356 e. The number of nitrogens with one attached hydrogen (secondary N) is 2. The molecule has 0 bridgehead atoms. The van der Waals surface area contributed by atoms with Gasteiger partial charge in [-0.25, -0.2) is 4.98 Å². The quantitative estimate of drug-likeness (QED) is 0.525. The van der Waals surface area contributed by atoms with Crippen molar-refractivity contribution in [2.24, 2.45) is 7.05 Å². The van der Waals surface area contributed by atoms with Gasteiger partial charge in [-0.05, 0) is 0 Å². The molecule has 0 fully saturated rings. The Morgan fingerprint density at radius 2 is 2.60 bits per heavy atom. The molecule has 1 aliphatic rings. The summed E-state index contributed by atoms with van der Waals surface area (Å²) in [6, 6.07) is 0. The standard InChI is InChI=1S/C6H10N4/c1-10-4-9-6-5(10)2-7-3-8-6/h4,7-8H,2-3H2,1H3. The maximum Gasteiger partial charge on any atom is 0.149 e. The van der Waals surface area contributed by atoms with E-state index in [4.69, 9.17) is 0 Å². The number of hydrogen-bond donors (Lipinski definition) is 2. The van der Waals surface area contributed by atoms with Crippen molar-refractivity contribution in [1.82, 2.24) is 14.9 Å². The smallest absolute Gasteiger partial charge is 0.149 e. The summed E-state index contributed by atoms with van der Waals surface area (Å²) in [5.41, 5.74) is 1.23. The van der Waals surface area contributed by atoms with E-state index in [9.17, 15) is 0 Å². The van der Waals surface area contributed by atoms with Gasteiger partial charge in [-0.2, -0.15) is 0 Å². The fourth-order valence-electron chi connectivity index (χ4n) is 1.14. The van der Waals surface area contributed by atoms with Crippen LogP contribution in [-0.2, 0) is 13.6 Å². The van der Waals surface area contributed by atoms with E-state index in [0.29, 0.717) is 0 Å². The molecule has 54 valence electrons. The Hall–Kier alpha value is -1.03. The summed E-state index contributed by atoms with van der Waals surface area (Å²) >= 11 is 0. The lowest BCUT2D eigenvalue weighted by atomic mass is 10.4. The number of hydrogen-bond acceptors (Lipinski definition) is 3. The average molecular weight is 138 g/mol. The van der Waals surface area contributed by atoms with Crippen molar-refractivity contribution in [3.63, 3.8) is 0 Å². The van der Waals surface area contributed by atoms with Gasteiger partial charge in [-0.1, -0.05) is 0 Å². The molecule has 2 rings (SSSR count). The monoisotopic (exact) mass is 138 g/mol. The van der Waals surface area contributed by atoms with Crippen LogP contribution in [0.15, 0.2) is 6.33 Å². The summed E-state index contributed by atoms with van der Waals surface area (Å²) in [5, 5.41) is 6.34. The third kappa shape index (κ3) is 0.690. The lowest BCUT2D eigenvalue weighted by Gasteiger charge is -2.14. The van der Waals surface area contributed by atoms with E-state index in [1.54, 1.807) is 0 Å². The van der Waals surface area contributed by atoms with Gasteiger partial charge < -0.3 is 9.88 Å². The number of anilines is 1. The van der Waals surface area contributed by atoms with Crippen molar-refractivity contribution in [3.05, 3.63) is 12.0 Å². The van der Waals surface area contributed by atoms with Crippen molar-refractivity contribution in [1.29, 1.82) is 0 Å². The SMILES string of the molecule is Cn1cnc2c1CNCN2. The second-order valence-corrected chi connectivity index (χ2v) is 2.43. The molecular formula is C6H10N4. The minimum atomic E-state index is 0.823. The normalized spacial score (nSPS) is 16.1. The van der Waals surface area contributed by atoms with E-state index in [1.165, 1.54) is 5.69 Å². The lowest BCUT2D eigenvalue weighted by Crippen LogP contribution is -2.28. The van der Waals surface area contributed by atoms with E-state index < -0.39 is 0 Å². The fraction of sp³-hybridized carbons (Fsp3) is 0.500. The van der Waals surface area contributed by atoms with E-state index >= 15 is 0 Å². The zero-order chi connectivity index (χ0) is 6.97. The van der Waals surface area contributed by atoms with Crippen LogP contribution in [0.2, 0.25) is 0 Å². The van der Waals surface area contributed by atoms with Gasteiger partial charge >= 0.3 is 0 Å². The fourth-order valence-corrected chi connectivity index (χ4v) is 1.14. The summed E-state index contributed by atoms with van der Waals surface area (Å²) < 4.78 is 2.02. The van der Waals surface area contributed by atoms with E-state index in [0.717, 1.165) is 19.0 Å². The highest BCUT2D eigenvalue weighted by molar-refractivity contribution is 5.42. The molecule has 0 saturated carbocycles. The molecule has 0 atom stereocenters. The topological polar surface area (TPSA) is 41.9 Å². The number of aryl methyl sites for hydroxylation is 1. The molecule has 0 spiro atoms. The molecule has 0 radical (unpaired) electrons. The molecule has 2 heterocycles. The lowest BCUT2D eigenvalue weighted by molar-refractivity contribution is 0.663. The van der Waals surface area contributed by atoms with E-state index in [-0.39, 0.29) is 0 Å². The average Bonchev–Trinajstić information content (AvgIpc) is 2.34. The first kappa shape index (κ1) is 5.73. The molecule has 0 amide bonds. The van der Waals surface area contributed by atoms with Crippen molar-refractivity contribution in [3.8, 4) is 0 Å². The molecule has 10 heavy (non-hydrogen) atoms. The molecule has 1 aromatic rings. The third-order valence-corrected chi connectivity index (χ3v) is 1.73. The Morgan fingerprint density at radius 3 is 3.40 bits per heavy atom. The number of aromatic nitrogens is 2. The Balaban J connectivity index is 2.45. The first-order chi connectivity index (χ1) is 4.88. The molecule has 4 nitrogen and oxygen atoms in total. The molecular weight excluding hydrogens is 128 g/mol. The Morgan fingerprint density at radius 1 is 1.70 bits per heavy atom. The maximum absolute atomic E-state index is 4.17. The maximum atomic E-state index is 4.17. The molecule has 0 aliphatic carbocycles. The Bertz CT molecular complexity index is 240. The highest BCUT2D eigenvalue weighted by Gasteiger charge is 2.10. The zero-order valence-corrected chi connectivity index (χ0v) is 5.89. The van der Waals surface area contributed by atoms with E-state index in [1.807, 2.05) is 17.9 Å². The number of fused-ring (bicyclic) bond motifs is 1. The van der Waals surface area contributed by atoms with Crippen LogP contribution in [0, 0.1) is 0 Å².